The first-order valence-electron chi connectivity index (χ1n) is 9.52. The number of halogens is 1. The van der Waals surface area contributed by atoms with Crippen LogP contribution in [0.25, 0.3) is 0 Å². The summed E-state index contributed by atoms with van der Waals surface area (Å²) in [5, 5.41) is 3.19. The first-order valence-corrected chi connectivity index (χ1v) is 11.8. The summed E-state index contributed by atoms with van der Waals surface area (Å²) in [4.78, 5) is 15.4. The molecule has 2 aliphatic heterocycles. The Morgan fingerprint density at radius 3 is 2.63 bits per heavy atom. The van der Waals surface area contributed by atoms with Crippen LogP contribution in [-0.2, 0) is 21.2 Å². The zero-order valence-corrected chi connectivity index (χ0v) is 18.3. The average Bonchev–Trinajstić information content (AvgIpc) is 3.12. The number of amides is 1. The van der Waals surface area contributed by atoms with Crippen LogP contribution in [0.5, 0.6) is 0 Å². The van der Waals surface area contributed by atoms with E-state index in [1.165, 1.54) is 11.3 Å². The molecule has 0 spiro atoms. The maximum Gasteiger partial charge on any atom is 0.252 e. The van der Waals surface area contributed by atoms with Crippen molar-refractivity contribution in [3.05, 3.63) is 17.0 Å². The molecule has 0 aliphatic carbocycles. The van der Waals surface area contributed by atoms with Crippen LogP contribution in [0.3, 0.4) is 0 Å². The fourth-order valence-electron chi connectivity index (χ4n) is 3.83. The number of sulfonamides is 1. The highest BCUT2D eigenvalue weighted by Gasteiger charge is 2.28. The zero-order valence-electron chi connectivity index (χ0n) is 15.9. The number of rotatable bonds is 6. The Morgan fingerprint density at radius 1 is 1.19 bits per heavy atom. The van der Waals surface area contributed by atoms with Crippen LogP contribution in [0.2, 0.25) is 0 Å². The predicted octanol–water partition coefficient (Wildman–Crippen LogP) is 2.35. The number of piperidine rings is 2. The molecule has 2 fully saturated rings. The number of nitrogens with zero attached hydrogens (tertiary/aromatic N) is 2. The summed E-state index contributed by atoms with van der Waals surface area (Å²) in [6.07, 6.45) is 5.45. The van der Waals surface area contributed by atoms with Crippen molar-refractivity contribution in [3.8, 4) is 0 Å². The number of hydrogen-bond acceptors (Lipinski definition) is 5. The van der Waals surface area contributed by atoms with Gasteiger partial charge in [-0.2, -0.15) is 4.31 Å². The standard InChI is InChI=1S/C18H29N3O3S2.ClH/c1-19-13-15-6-5-9-20(14-15)17(22)12-16-7-8-18(25-16)26(23,24)21-10-3-2-4-11-21;/h7-8,15,19H,2-6,9-14H2,1H3;1H. The highest BCUT2D eigenvalue weighted by Crippen LogP contribution is 2.28. The van der Waals surface area contributed by atoms with Gasteiger partial charge in [0.25, 0.3) is 10.0 Å². The Kier molecular flexibility index (Phi) is 8.55. The van der Waals surface area contributed by atoms with E-state index in [1.807, 2.05) is 11.9 Å². The molecule has 1 atom stereocenters. The van der Waals surface area contributed by atoms with E-state index in [2.05, 4.69) is 5.32 Å². The van der Waals surface area contributed by atoms with E-state index in [4.69, 9.17) is 0 Å². The third-order valence-corrected chi connectivity index (χ3v) is 8.69. The molecule has 1 amide bonds. The van der Waals surface area contributed by atoms with Crippen LogP contribution in [0.15, 0.2) is 16.3 Å². The molecule has 1 aromatic heterocycles. The third-order valence-electron chi connectivity index (χ3n) is 5.24. The lowest BCUT2D eigenvalue weighted by Crippen LogP contribution is -2.43. The Hall–Kier alpha value is -0.670. The average molecular weight is 436 g/mol. The molecule has 3 rings (SSSR count). The van der Waals surface area contributed by atoms with Gasteiger partial charge in [0.15, 0.2) is 0 Å². The summed E-state index contributed by atoms with van der Waals surface area (Å²) in [5.74, 6) is 0.616. The third kappa shape index (κ3) is 5.67. The molecular formula is C18H30ClN3O3S2. The molecule has 0 saturated carbocycles. The summed E-state index contributed by atoms with van der Waals surface area (Å²) in [6.45, 7) is 3.75. The minimum Gasteiger partial charge on any atom is -0.342 e. The quantitative estimate of drug-likeness (QED) is 0.744. The van der Waals surface area contributed by atoms with Crippen molar-refractivity contribution in [2.75, 3.05) is 39.8 Å². The maximum absolute atomic E-state index is 12.7. The Balaban J connectivity index is 0.00000261. The van der Waals surface area contributed by atoms with Gasteiger partial charge in [-0.15, -0.1) is 23.7 Å². The molecule has 154 valence electrons. The first kappa shape index (κ1) is 22.6. The second-order valence-corrected chi connectivity index (χ2v) is 10.6. The molecule has 1 aromatic rings. The molecule has 0 aromatic carbocycles. The topological polar surface area (TPSA) is 69.7 Å². The Bertz CT molecular complexity index is 715. The Morgan fingerprint density at radius 2 is 1.93 bits per heavy atom. The van der Waals surface area contributed by atoms with Crippen molar-refractivity contribution < 1.29 is 13.2 Å². The molecule has 2 aliphatic rings. The molecular weight excluding hydrogens is 406 g/mol. The molecule has 1 N–H and O–H groups in total. The van der Waals surface area contributed by atoms with Crippen molar-refractivity contribution in [2.24, 2.45) is 5.92 Å². The van der Waals surface area contributed by atoms with Gasteiger partial charge in [0.2, 0.25) is 5.91 Å². The van der Waals surface area contributed by atoms with Crippen molar-refractivity contribution in [2.45, 2.75) is 42.7 Å². The second-order valence-electron chi connectivity index (χ2n) is 7.27. The zero-order chi connectivity index (χ0) is 18.6. The molecule has 2 saturated heterocycles. The minimum atomic E-state index is -3.40. The highest BCUT2D eigenvalue weighted by molar-refractivity contribution is 7.91. The second kappa shape index (κ2) is 10.2. The van der Waals surface area contributed by atoms with Gasteiger partial charge in [-0.25, -0.2) is 8.42 Å². The molecule has 9 heteroatoms. The van der Waals surface area contributed by atoms with Gasteiger partial charge in [-0.3, -0.25) is 4.79 Å². The van der Waals surface area contributed by atoms with Gasteiger partial charge in [0.1, 0.15) is 4.21 Å². The van der Waals surface area contributed by atoms with E-state index < -0.39 is 10.0 Å². The first-order chi connectivity index (χ1) is 12.5. The lowest BCUT2D eigenvalue weighted by Gasteiger charge is -2.32. The van der Waals surface area contributed by atoms with Crippen molar-refractivity contribution in [3.63, 3.8) is 0 Å². The summed E-state index contributed by atoms with van der Waals surface area (Å²) in [6, 6.07) is 3.46. The van der Waals surface area contributed by atoms with Gasteiger partial charge < -0.3 is 10.2 Å². The fraction of sp³-hybridized carbons (Fsp3) is 0.722. The molecule has 0 bridgehead atoms. The predicted molar refractivity (Wildman–Crippen MR) is 111 cm³/mol. The number of likely N-dealkylation sites (tertiary alicyclic amines) is 1. The highest BCUT2D eigenvalue weighted by atomic mass is 35.5. The lowest BCUT2D eigenvalue weighted by atomic mass is 9.98. The van der Waals surface area contributed by atoms with Gasteiger partial charge >= 0.3 is 0 Å². The number of carbonyl (C=O) groups is 1. The SMILES string of the molecule is CNCC1CCCN(C(=O)Cc2ccc(S(=O)(=O)N3CCCCC3)s2)C1.Cl. The summed E-state index contributed by atoms with van der Waals surface area (Å²) in [5.41, 5.74) is 0. The van der Waals surface area contributed by atoms with E-state index in [9.17, 15) is 13.2 Å². The minimum absolute atomic E-state index is 0. The number of hydrogen-bond donors (Lipinski definition) is 1. The molecule has 3 heterocycles. The van der Waals surface area contributed by atoms with Crippen LogP contribution in [-0.4, -0.2) is 63.3 Å². The molecule has 0 radical (unpaired) electrons. The normalized spacial score (nSPS) is 21.7. The Labute approximate surface area is 172 Å². The van der Waals surface area contributed by atoms with Crippen molar-refractivity contribution >= 4 is 39.7 Å². The van der Waals surface area contributed by atoms with Crippen LogP contribution in [0.4, 0.5) is 0 Å². The lowest BCUT2D eigenvalue weighted by molar-refractivity contribution is -0.132. The van der Waals surface area contributed by atoms with Crippen LogP contribution < -0.4 is 5.32 Å². The van der Waals surface area contributed by atoms with Crippen LogP contribution >= 0.6 is 23.7 Å². The van der Waals surface area contributed by atoms with E-state index in [-0.39, 0.29) is 18.3 Å². The number of carbonyl (C=O) groups excluding carboxylic acids is 1. The van der Waals surface area contributed by atoms with E-state index in [0.29, 0.717) is 29.6 Å². The molecule has 6 nitrogen and oxygen atoms in total. The van der Waals surface area contributed by atoms with E-state index in [1.54, 1.807) is 16.4 Å². The van der Waals surface area contributed by atoms with Crippen LogP contribution in [0.1, 0.15) is 37.0 Å². The van der Waals surface area contributed by atoms with E-state index in [0.717, 1.165) is 56.6 Å². The van der Waals surface area contributed by atoms with Gasteiger partial charge in [0.05, 0.1) is 6.42 Å². The van der Waals surface area contributed by atoms with Crippen LogP contribution in [0, 0.1) is 5.92 Å². The molecule has 27 heavy (non-hydrogen) atoms. The number of nitrogens with one attached hydrogen (secondary N) is 1. The molecule has 1 unspecified atom stereocenters. The van der Waals surface area contributed by atoms with Crippen molar-refractivity contribution in [1.29, 1.82) is 0 Å². The van der Waals surface area contributed by atoms with Gasteiger partial charge in [0, 0.05) is 31.1 Å². The number of thiophene rings is 1. The smallest absolute Gasteiger partial charge is 0.252 e. The fourth-order valence-corrected chi connectivity index (χ4v) is 6.85. The largest absolute Gasteiger partial charge is 0.342 e. The summed E-state index contributed by atoms with van der Waals surface area (Å²) < 4.78 is 27.4. The van der Waals surface area contributed by atoms with Crippen molar-refractivity contribution in [1.82, 2.24) is 14.5 Å². The maximum atomic E-state index is 12.7. The summed E-state index contributed by atoms with van der Waals surface area (Å²) in [7, 11) is -1.46. The van der Waals surface area contributed by atoms with Gasteiger partial charge in [-0.1, -0.05) is 6.42 Å². The van der Waals surface area contributed by atoms with Gasteiger partial charge in [-0.05, 0) is 57.3 Å². The summed E-state index contributed by atoms with van der Waals surface area (Å²) >= 11 is 1.25. The van der Waals surface area contributed by atoms with E-state index >= 15 is 0 Å². The monoisotopic (exact) mass is 435 g/mol.